The molecule has 5 nitrogen and oxygen atoms in total. The molecule has 0 N–H and O–H groups in total. The summed E-state index contributed by atoms with van der Waals surface area (Å²) in [5, 5.41) is 0. The van der Waals surface area contributed by atoms with Crippen molar-refractivity contribution in [3.8, 4) is 40.2 Å². The Balaban J connectivity index is 1.26. The number of fused-ring (bicyclic) bond motifs is 1. The predicted octanol–water partition coefficient (Wildman–Crippen LogP) is 10.1. The topological polar surface area (TPSA) is 54.0 Å². The number of aryl methyl sites for hydroxylation is 1. The first-order valence-electron chi connectivity index (χ1n) is 14.3. The molecule has 43 heavy (non-hydrogen) atoms. The van der Waals surface area contributed by atoms with E-state index in [1.807, 2.05) is 141 Å². The number of ketones is 1. The number of ether oxygens (including phenoxy) is 4. The first kappa shape index (κ1) is 27.9. The number of rotatable bonds is 10. The van der Waals surface area contributed by atoms with Crippen molar-refractivity contribution < 1.29 is 23.7 Å². The Morgan fingerprint density at radius 1 is 0.674 bits per heavy atom. The molecule has 0 amide bonds. The van der Waals surface area contributed by atoms with Crippen LogP contribution in [0.25, 0.3) is 6.08 Å². The monoisotopic (exact) mass is 568 g/mol. The zero-order valence-electron chi connectivity index (χ0n) is 24.2. The summed E-state index contributed by atoms with van der Waals surface area (Å²) >= 11 is 0. The van der Waals surface area contributed by atoms with Gasteiger partial charge >= 0.3 is 0 Å². The highest BCUT2D eigenvalue weighted by Crippen LogP contribution is 2.42. The summed E-state index contributed by atoms with van der Waals surface area (Å²) in [4.78, 5) is 13.7. The second kappa shape index (κ2) is 12.3. The Labute approximate surface area is 251 Å². The van der Waals surface area contributed by atoms with Crippen molar-refractivity contribution in [2.45, 2.75) is 32.3 Å². The van der Waals surface area contributed by atoms with Crippen molar-refractivity contribution in [1.82, 2.24) is 0 Å². The van der Waals surface area contributed by atoms with Crippen LogP contribution in [0.4, 0.5) is 0 Å². The van der Waals surface area contributed by atoms with Gasteiger partial charge in [0, 0.05) is 6.42 Å². The highest BCUT2D eigenvalue weighted by molar-refractivity contribution is 6.00. The molecule has 1 heterocycles. The van der Waals surface area contributed by atoms with E-state index in [2.05, 4.69) is 0 Å². The van der Waals surface area contributed by atoms with Crippen molar-refractivity contribution in [3.05, 3.63) is 144 Å². The molecule has 0 bridgehead atoms. The van der Waals surface area contributed by atoms with E-state index in [1.54, 1.807) is 6.07 Å². The van der Waals surface area contributed by atoms with Gasteiger partial charge in [-0.15, -0.1) is 0 Å². The zero-order chi connectivity index (χ0) is 29.6. The third-order valence-corrected chi connectivity index (χ3v) is 7.03. The van der Waals surface area contributed by atoms with Crippen LogP contribution in [-0.4, -0.2) is 11.4 Å². The lowest BCUT2D eigenvalue weighted by Gasteiger charge is -2.29. The number of carbonyl (C=O) groups is 1. The molecule has 0 unspecified atom stereocenters. The van der Waals surface area contributed by atoms with Crippen LogP contribution in [0.15, 0.2) is 127 Å². The zero-order valence-corrected chi connectivity index (χ0v) is 24.2. The number of carbonyl (C=O) groups excluding carboxylic acids is 1. The van der Waals surface area contributed by atoms with Crippen LogP contribution in [0.3, 0.4) is 0 Å². The van der Waals surface area contributed by atoms with Gasteiger partial charge in [0.2, 0.25) is 0 Å². The fourth-order valence-electron chi connectivity index (χ4n) is 4.86. The van der Waals surface area contributed by atoms with Crippen molar-refractivity contribution in [3.63, 3.8) is 0 Å². The highest BCUT2D eigenvalue weighted by atomic mass is 16.5. The van der Waals surface area contributed by atoms with Crippen LogP contribution in [0.5, 0.6) is 40.2 Å². The highest BCUT2D eigenvalue weighted by Gasteiger charge is 2.27. The van der Waals surface area contributed by atoms with Crippen LogP contribution in [0.2, 0.25) is 0 Å². The van der Waals surface area contributed by atoms with Gasteiger partial charge in [0.1, 0.15) is 34.3 Å². The van der Waals surface area contributed by atoms with E-state index in [1.165, 1.54) is 0 Å². The van der Waals surface area contributed by atoms with Gasteiger partial charge in [0.15, 0.2) is 17.3 Å². The van der Waals surface area contributed by atoms with E-state index in [4.69, 9.17) is 18.9 Å². The normalized spacial score (nSPS) is 13.0. The average molecular weight is 569 g/mol. The fourth-order valence-corrected chi connectivity index (χ4v) is 4.86. The Morgan fingerprint density at radius 3 is 1.88 bits per heavy atom. The molecule has 0 saturated heterocycles. The molecule has 6 rings (SSSR count). The lowest BCUT2D eigenvalue weighted by Crippen LogP contribution is -2.27. The van der Waals surface area contributed by atoms with E-state index in [-0.39, 0.29) is 12.2 Å². The summed E-state index contributed by atoms with van der Waals surface area (Å²) in [5.41, 5.74) is 1.78. The van der Waals surface area contributed by atoms with E-state index in [0.29, 0.717) is 52.2 Å². The smallest absolute Gasteiger partial charge is 0.170 e. The van der Waals surface area contributed by atoms with Crippen LogP contribution >= 0.6 is 0 Å². The van der Waals surface area contributed by atoms with Gasteiger partial charge in [0.25, 0.3) is 0 Å². The van der Waals surface area contributed by atoms with Gasteiger partial charge in [-0.05, 0) is 98.6 Å². The lowest BCUT2D eigenvalue weighted by molar-refractivity contribution is 0.0980. The minimum atomic E-state index is -0.446. The molecule has 214 valence electrons. The van der Waals surface area contributed by atoms with Crippen molar-refractivity contribution in [2.24, 2.45) is 0 Å². The van der Waals surface area contributed by atoms with Gasteiger partial charge in [0.05, 0.1) is 11.1 Å². The maximum absolute atomic E-state index is 13.7. The summed E-state index contributed by atoms with van der Waals surface area (Å²) in [7, 11) is 0. The molecule has 5 heteroatoms. The number of hydrogen-bond donors (Lipinski definition) is 0. The number of Topliss-reactive ketones (excluding diaryl/α,β-unsaturated/α-hetero) is 1. The Kier molecular flexibility index (Phi) is 7.96. The summed E-state index contributed by atoms with van der Waals surface area (Å²) in [6.45, 7) is 3.99. The quantitative estimate of drug-likeness (QED) is 0.157. The molecule has 5 aromatic rings. The molecule has 1 aliphatic heterocycles. The summed E-state index contributed by atoms with van der Waals surface area (Å²) in [6, 6.07) is 38.1. The summed E-state index contributed by atoms with van der Waals surface area (Å²) < 4.78 is 24.9. The maximum Gasteiger partial charge on any atom is 0.170 e. The molecule has 0 fully saturated rings. The van der Waals surface area contributed by atoms with Crippen LogP contribution < -0.4 is 18.9 Å². The van der Waals surface area contributed by atoms with E-state index >= 15 is 0 Å². The molecule has 0 aromatic heterocycles. The van der Waals surface area contributed by atoms with Gasteiger partial charge in [-0.25, -0.2) is 0 Å². The van der Waals surface area contributed by atoms with Crippen LogP contribution in [0.1, 0.15) is 41.8 Å². The van der Waals surface area contributed by atoms with E-state index in [9.17, 15) is 4.79 Å². The number of hydrogen-bond acceptors (Lipinski definition) is 5. The number of para-hydroxylation sites is 3. The fraction of sp³-hybridized carbons (Fsp3) is 0.132. The Hall–Kier alpha value is -5.29. The van der Waals surface area contributed by atoms with Gasteiger partial charge < -0.3 is 18.9 Å². The van der Waals surface area contributed by atoms with Crippen molar-refractivity contribution in [2.75, 3.05) is 0 Å². The summed E-state index contributed by atoms with van der Waals surface area (Å²) in [6.07, 6.45) is 4.75. The van der Waals surface area contributed by atoms with Crippen molar-refractivity contribution >= 4 is 11.9 Å². The molecule has 0 radical (unpaired) electrons. The molecular formula is C38H32O5. The molecule has 5 aromatic carbocycles. The Bertz CT molecular complexity index is 1740. The largest absolute Gasteiger partial charge is 0.483 e. The second-order valence-corrected chi connectivity index (χ2v) is 10.8. The summed E-state index contributed by atoms with van der Waals surface area (Å²) in [5.74, 6) is 4.39. The number of benzene rings is 5. The average Bonchev–Trinajstić information content (AvgIpc) is 3.02. The minimum absolute atomic E-state index is 0.0258. The maximum atomic E-state index is 13.7. The van der Waals surface area contributed by atoms with E-state index < -0.39 is 5.60 Å². The molecule has 0 saturated carbocycles. The molecule has 0 atom stereocenters. The van der Waals surface area contributed by atoms with Gasteiger partial charge in [-0.1, -0.05) is 60.7 Å². The van der Waals surface area contributed by atoms with Gasteiger partial charge in [-0.3, -0.25) is 4.79 Å². The standard InChI is InChI=1S/C38H32O5/c1-38(2)25-24-32-34(43-38)23-20-31(37(32)42-30-16-10-5-11-17-30)33(39)21-18-27-19-22-35(40-28-12-6-3-7-13-28)36(26-27)41-29-14-8-4-9-15-29/h3-17,19-20,22-26H,18,21H2,1-2H3. The third kappa shape index (κ3) is 6.79. The van der Waals surface area contributed by atoms with Crippen LogP contribution in [-0.2, 0) is 6.42 Å². The van der Waals surface area contributed by atoms with Crippen LogP contribution in [0, 0.1) is 0 Å². The third-order valence-electron chi connectivity index (χ3n) is 7.03. The molecule has 0 aliphatic carbocycles. The molecule has 1 aliphatic rings. The lowest BCUT2D eigenvalue weighted by atomic mass is 9.96. The van der Waals surface area contributed by atoms with E-state index in [0.717, 1.165) is 11.1 Å². The predicted molar refractivity (Wildman–Crippen MR) is 169 cm³/mol. The van der Waals surface area contributed by atoms with Crippen molar-refractivity contribution in [1.29, 1.82) is 0 Å². The second-order valence-electron chi connectivity index (χ2n) is 10.8. The first-order chi connectivity index (χ1) is 20.9. The minimum Gasteiger partial charge on any atom is -0.483 e. The van der Waals surface area contributed by atoms with Gasteiger partial charge in [-0.2, -0.15) is 0 Å². The molecular weight excluding hydrogens is 536 g/mol. The molecule has 0 spiro atoms. The first-order valence-corrected chi connectivity index (χ1v) is 14.3. The Morgan fingerprint density at radius 2 is 1.26 bits per heavy atom. The SMILES string of the molecule is CC1(C)C=Cc2c(ccc(C(=O)CCc3ccc(Oc4ccccc4)c(Oc4ccccc4)c3)c2Oc2ccccc2)O1.